The second-order valence-corrected chi connectivity index (χ2v) is 10.7. The van der Waals surface area contributed by atoms with Gasteiger partial charge in [-0.1, -0.05) is 109 Å². The maximum Gasteiger partial charge on any atom is 0.160 e. The molecule has 9 rings (SSSR count). The summed E-state index contributed by atoms with van der Waals surface area (Å²) in [4.78, 5) is 0. The largest absolute Gasteiger partial charge is 0.309 e. The van der Waals surface area contributed by atoms with E-state index in [4.69, 9.17) is 5.10 Å². The average Bonchev–Trinajstić information content (AvgIpc) is 3.59. The molecule has 0 atom stereocenters. The molecule has 0 radical (unpaired) electrons. The van der Waals surface area contributed by atoms with Crippen LogP contribution in [0.4, 0.5) is 0 Å². The molecule has 0 amide bonds. The number of fused-ring (bicyclic) bond motifs is 9. The molecular formula is C38H24N4. The van der Waals surface area contributed by atoms with Gasteiger partial charge in [0.2, 0.25) is 0 Å². The summed E-state index contributed by atoms with van der Waals surface area (Å²) >= 11 is 0. The fourth-order valence-electron chi connectivity index (χ4n) is 6.60. The molecular weight excluding hydrogens is 512 g/mol. The third-order valence-corrected chi connectivity index (χ3v) is 8.41. The van der Waals surface area contributed by atoms with Gasteiger partial charge in [0.1, 0.15) is 0 Å². The molecule has 4 heteroatoms. The van der Waals surface area contributed by atoms with Crippen LogP contribution in [0.15, 0.2) is 146 Å². The third kappa shape index (κ3) is 3.23. The first-order valence-electron chi connectivity index (χ1n) is 14.2. The number of hydrogen-bond acceptors (Lipinski definition) is 2. The molecule has 0 aliphatic heterocycles. The Hall–Kier alpha value is -5.74. The van der Waals surface area contributed by atoms with E-state index in [1.165, 1.54) is 43.4 Å². The number of rotatable bonds is 3. The number of aromatic nitrogens is 4. The Kier molecular flexibility index (Phi) is 4.87. The molecule has 6 aromatic carbocycles. The lowest BCUT2D eigenvalue weighted by Gasteiger charge is -2.13. The van der Waals surface area contributed by atoms with Gasteiger partial charge in [0.25, 0.3) is 0 Å². The fraction of sp³-hybridized carbons (Fsp3) is 0. The molecule has 4 nitrogen and oxygen atoms in total. The summed E-state index contributed by atoms with van der Waals surface area (Å²) in [6, 6.07) is 51.4. The SMILES string of the molecule is c1ccc(-c2ccc(-n3c4ccccc4c4ccc5ccc6c7ccccc7n(-c7ccccc7)c6c5c43)nn2)cc1. The van der Waals surface area contributed by atoms with E-state index in [2.05, 4.69) is 142 Å². The standard InChI is InChI=1S/C38H24N4/c1-3-11-25(12-4-1)32-23-24-35(40-39-32)42-34-18-10-8-16-29(34)31-22-20-26-19-21-30-28-15-7-9-17-33(28)41(27-13-5-2-6-14-27)37(30)36(26)38(31)42/h1-24H. The lowest BCUT2D eigenvalue weighted by atomic mass is 10.0. The Morgan fingerprint density at radius 3 is 1.62 bits per heavy atom. The van der Waals surface area contributed by atoms with Crippen LogP contribution >= 0.6 is 0 Å². The molecule has 0 aliphatic carbocycles. The molecule has 0 unspecified atom stereocenters. The van der Waals surface area contributed by atoms with Gasteiger partial charge in [-0.2, -0.15) is 0 Å². The van der Waals surface area contributed by atoms with Crippen molar-refractivity contribution in [3.05, 3.63) is 146 Å². The highest BCUT2D eigenvalue weighted by Crippen LogP contribution is 2.42. The van der Waals surface area contributed by atoms with Crippen molar-refractivity contribution in [2.24, 2.45) is 0 Å². The van der Waals surface area contributed by atoms with Crippen molar-refractivity contribution in [1.29, 1.82) is 0 Å². The maximum absolute atomic E-state index is 4.81. The van der Waals surface area contributed by atoms with E-state index < -0.39 is 0 Å². The molecule has 0 spiro atoms. The maximum atomic E-state index is 4.81. The Morgan fingerprint density at radius 2 is 0.976 bits per heavy atom. The third-order valence-electron chi connectivity index (χ3n) is 8.41. The monoisotopic (exact) mass is 536 g/mol. The smallest absolute Gasteiger partial charge is 0.160 e. The summed E-state index contributed by atoms with van der Waals surface area (Å²) < 4.78 is 4.71. The van der Waals surface area contributed by atoms with Crippen LogP contribution in [0, 0.1) is 0 Å². The number of para-hydroxylation sites is 3. The molecule has 0 aliphatic rings. The van der Waals surface area contributed by atoms with Crippen molar-refractivity contribution in [3.8, 4) is 22.8 Å². The fourth-order valence-corrected chi connectivity index (χ4v) is 6.60. The van der Waals surface area contributed by atoms with Crippen LogP contribution in [0.3, 0.4) is 0 Å². The Balaban J connectivity index is 1.46. The van der Waals surface area contributed by atoms with Gasteiger partial charge >= 0.3 is 0 Å². The lowest BCUT2D eigenvalue weighted by molar-refractivity contribution is 0.959. The van der Waals surface area contributed by atoms with E-state index in [1.54, 1.807) is 0 Å². The number of hydrogen-bond donors (Lipinski definition) is 0. The number of benzene rings is 6. The molecule has 0 saturated heterocycles. The van der Waals surface area contributed by atoms with Crippen molar-refractivity contribution < 1.29 is 0 Å². The average molecular weight is 537 g/mol. The van der Waals surface area contributed by atoms with Gasteiger partial charge in [-0.3, -0.25) is 4.57 Å². The molecule has 42 heavy (non-hydrogen) atoms. The molecule has 0 fully saturated rings. The van der Waals surface area contributed by atoms with Crippen LogP contribution < -0.4 is 0 Å². The predicted molar refractivity (Wildman–Crippen MR) is 174 cm³/mol. The first-order valence-corrected chi connectivity index (χ1v) is 14.2. The van der Waals surface area contributed by atoms with E-state index >= 15 is 0 Å². The summed E-state index contributed by atoms with van der Waals surface area (Å²) in [5, 5.41) is 16.8. The van der Waals surface area contributed by atoms with Crippen molar-refractivity contribution in [1.82, 2.24) is 19.3 Å². The second kappa shape index (κ2) is 8.88. The van der Waals surface area contributed by atoms with E-state index in [-0.39, 0.29) is 0 Å². The van der Waals surface area contributed by atoms with Crippen molar-refractivity contribution in [2.75, 3.05) is 0 Å². The minimum Gasteiger partial charge on any atom is -0.309 e. The summed E-state index contributed by atoms with van der Waals surface area (Å²) in [6.45, 7) is 0. The zero-order chi connectivity index (χ0) is 27.6. The van der Waals surface area contributed by atoms with Gasteiger partial charge in [-0.25, -0.2) is 0 Å². The summed E-state index contributed by atoms with van der Waals surface area (Å²) in [5.74, 6) is 0.799. The highest BCUT2D eigenvalue weighted by molar-refractivity contribution is 6.28. The van der Waals surface area contributed by atoms with Gasteiger partial charge in [-0.05, 0) is 41.8 Å². The number of nitrogens with zero attached hydrogens (tertiary/aromatic N) is 4. The molecule has 196 valence electrons. The van der Waals surface area contributed by atoms with Gasteiger partial charge in [0.15, 0.2) is 5.82 Å². The van der Waals surface area contributed by atoms with Gasteiger partial charge in [0.05, 0.1) is 27.8 Å². The van der Waals surface area contributed by atoms with Crippen LogP contribution in [0.5, 0.6) is 0 Å². The van der Waals surface area contributed by atoms with Crippen LogP contribution in [-0.2, 0) is 0 Å². The van der Waals surface area contributed by atoms with Gasteiger partial charge < -0.3 is 4.57 Å². The minimum absolute atomic E-state index is 0.799. The first kappa shape index (κ1) is 23.0. The zero-order valence-corrected chi connectivity index (χ0v) is 22.6. The predicted octanol–water partition coefficient (Wildman–Crippen LogP) is 9.49. The van der Waals surface area contributed by atoms with E-state index in [1.807, 2.05) is 18.2 Å². The minimum atomic E-state index is 0.799. The van der Waals surface area contributed by atoms with Crippen molar-refractivity contribution in [2.45, 2.75) is 0 Å². The summed E-state index contributed by atoms with van der Waals surface area (Å²) in [7, 11) is 0. The summed E-state index contributed by atoms with van der Waals surface area (Å²) in [5.41, 5.74) is 7.70. The van der Waals surface area contributed by atoms with Crippen LogP contribution in [-0.4, -0.2) is 19.3 Å². The zero-order valence-electron chi connectivity index (χ0n) is 22.6. The molecule has 3 aromatic heterocycles. The topological polar surface area (TPSA) is 35.6 Å². The van der Waals surface area contributed by atoms with E-state index in [0.717, 1.165) is 33.8 Å². The summed E-state index contributed by atoms with van der Waals surface area (Å²) in [6.07, 6.45) is 0. The Morgan fingerprint density at radius 1 is 0.405 bits per heavy atom. The molecule has 0 bridgehead atoms. The normalized spacial score (nSPS) is 11.8. The second-order valence-electron chi connectivity index (χ2n) is 10.7. The Bertz CT molecular complexity index is 2430. The van der Waals surface area contributed by atoms with E-state index in [0.29, 0.717) is 0 Å². The lowest BCUT2D eigenvalue weighted by Crippen LogP contribution is -2.01. The van der Waals surface area contributed by atoms with Crippen LogP contribution in [0.25, 0.3) is 77.1 Å². The highest BCUT2D eigenvalue weighted by atomic mass is 15.2. The Labute approximate surface area is 241 Å². The molecule has 9 aromatic rings. The van der Waals surface area contributed by atoms with Crippen molar-refractivity contribution >= 4 is 54.4 Å². The molecule has 0 N–H and O–H groups in total. The van der Waals surface area contributed by atoms with E-state index in [9.17, 15) is 0 Å². The molecule has 0 saturated carbocycles. The first-order chi connectivity index (χ1) is 20.9. The quantitative estimate of drug-likeness (QED) is 0.225. The van der Waals surface area contributed by atoms with Crippen LogP contribution in [0.2, 0.25) is 0 Å². The highest BCUT2D eigenvalue weighted by Gasteiger charge is 2.21. The molecule has 3 heterocycles. The van der Waals surface area contributed by atoms with Crippen molar-refractivity contribution in [3.63, 3.8) is 0 Å². The van der Waals surface area contributed by atoms with Gasteiger partial charge in [0, 0.05) is 38.2 Å². The van der Waals surface area contributed by atoms with Crippen LogP contribution in [0.1, 0.15) is 0 Å². The van der Waals surface area contributed by atoms with Gasteiger partial charge in [-0.15, -0.1) is 10.2 Å².